The molecule has 1 aromatic carbocycles. The summed E-state index contributed by atoms with van der Waals surface area (Å²) in [5.41, 5.74) is 0.282. The summed E-state index contributed by atoms with van der Waals surface area (Å²) in [5, 5.41) is 14.2. The van der Waals surface area contributed by atoms with Gasteiger partial charge in [0, 0.05) is 17.5 Å². The number of carboxylic acids is 1. The van der Waals surface area contributed by atoms with Crippen LogP contribution in [0.3, 0.4) is 0 Å². The Balaban J connectivity index is 2.89. The summed E-state index contributed by atoms with van der Waals surface area (Å²) < 4.78 is 0. The van der Waals surface area contributed by atoms with Crippen LogP contribution in [0.15, 0.2) is 24.3 Å². The van der Waals surface area contributed by atoms with Crippen LogP contribution in [-0.4, -0.2) is 28.9 Å². The van der Waals surface area contributed by atoms with Crippen molar-refractivity contribution < 1.29 is 19.5 Å². The number of hydrogen-bond acceptors (Lipinski definition) is 3. The molecule has 2 atom stereocenters. The molecule has 0 aliphatic rings. The summed E-state index contributed by atoms with van der Waals surface area (Å²) >= 11 is 5.93. The average Bonchev–Trinajstić information content (AvgIpc) is 2.35. The van der Waals surface area contributed by atoms with E-state index in [1.54, 1.807) is 12.1 Å². The molecule has 0 aliphatic heterocycles. The highest BCUT2D eigenvalue weighted by Crippen LogP contribution is 2.22. The SMILES string of the molecule is CC(=O)NC(C)C(=O)N[C@@H](C(=O)O)c1ccccc1Cl. The second kappa shape index (κ2) is 6.91. The van der Waals surface area contributed by atoms with Gasteiger partial charge in [0.1, 0.15) is 6.04 Å². The van der Waals surface area contributed by atoms with Crippen LogP contribution in [0.2, 0.25) is 5.02 Å². The second-order valence-corrected chi connectivity index (χ2v) is 4.63. The van der Waals surface area contributed by atoms with Gasteiger partial charge in [0.15, 0.2) is 6.04 Å². The van der Waals surface area contributed by atoms with Gasteiger partial charge in [-0.2, -0.15) is 0 Å². The fourth-order valence-electron chi connectivity index (χ4n) is 1.62. The van der Waals surface area contributed by atoms with Crippen molar-refractivity contribution in [2.24, 2.45) is 0 Å². The number of nitrogens with one attached hydrogen (secondary N) is 2. The Morgan fingerprint density at radius 3 is 2.30 bits per heavy atom. The van der Waals surface area contributed by atoms with Crippen LogP contribution in [0.25, 0.3) is 0 Å². The smallest absolute Gasteiger partial charge is 0.330 e. The van der Waals surface area contributed by atoms with E-state index in [0.29, 0.717) is 0 Å². The molecule has 0 fully saturated rings. The molecule has 6 nitrogen and oxygen atoms in total. The molecule has 0 radical (unpaired) electrons. The number of hydrogen-bond donors (Lipinski definition) is 3. The standard InChI is InChI=1S/C13H15ClN2O4/c1-7(15-8(2)17)12(18)16-11(13(19)20)9-5-3-4-6-10(9)14/h3-7,11H,1-2H3,(H,15,17)(H,16,18)(H,19,20)/t7?,11-/m1/s1. The van der Waals surface area contributed by atoms with Crippen molar-refractivity contribution >= 4 is 29.4 Å². The van der Waals surface area contributed by atoms with Gasteiger partial charge in [-0.3, -0.25) is 9.59 Å². The number of carbonyl (C=O) groups is 3. The van der Waals surface area contributed by atoms with Gasteiger partial charge < -0.3 is 15.7 Å². The van der Waals surface area contributed by atoms with Gasteiger partial charge in [0.25, 0.3) is 0 Å². The molecule has 0 heterocycles. The predicted octanol–water partition coefficient (Wildman–Crippen LogP) is 1.11. The van der Waals surface area contributed by atoms with E-state index < -0.39 is 24.0 Å². The van der Waals surface area contributed by atoms with Crippen LogP contribution in [0, 0.1) is 0 Å². The minimum Gasteiger partial charge on any atom is -0.479 e. The van der Waals surface area contributed by atoms with Crippen LogP contribution < -0.4 is 10.6 Å². The molecule has 0 saturated heterocycles. The van der Waals surface area contributed by atoms with Crippen LogP contribution >= 0.6 is 11.6 Å². The average molecular weight is 299 g/mol. The van der Waals surface area contributed by atoms with Crippen molar-refractivity contribution in [2.45, 2.75) is 25.9 Å². The van der Waals surface area contributed by atoms with Gasteiger partial charge in [-0.1, -0.05) is 29.8 Å². The minimum absolute atomic E-state index is 0.243. The Morgan fingerprint density at radius 1 is 1.20 bits per heavy atom. The van der Waals surface area contributed by atoms with E-state index in [2.05, 4.69) is 10.6 Å². The van der Waals surface area contributed by atoms with Crippen LogP contribution in [0.4, 0.5) is 0 Å². The molecule has 1 aromatic rings. The van der Waals surface area contributed by atoms with E-state index >= 15 is 0 Å². The molecule has 0 aliphatic carbocycles. The maximum absolute atomic E-state index is 11.8. The molecule has 1 rings (SSSR count). The summed E-state index contributed by atoms with van der Waals surface area (Å²) in [4.78, 5) is 34.0. The Bertz CT molecular complexity index is 533. The van der Waals surface area contributed by atoms with Crippen molar-refractivity contribution in [3.05, 3.63) is 34.9 Å². The maximum Gasteiger partial charge on any atom is 0.330 e. The molecular formula is C13H15ClN2O4. The molecule has 0 aromatic heterocycles. The molecule has 3 N–H and O–H groups in total. The minimum atomic E-state index is -1.27. The fraction of sp³-hybridized carbons (Fsp3) is 0.308. The highest BCUT2D eigenvalue weighted by Gasteiger charge is 2.26. The molecule has 0 spiro atoms. The number of aliphatic carboxylic acids is 1. The molecule has 0 bridgehead atoms. The van der Waals surface area contributed by atoms with Crippen molar-refractivity contribution in [1.29, 1.82) is 0 Å². The first kappa shape index (κ1) is 16.0. The van der Waals surface area contributed by atoms with Crippen molar-refractivity contribution in [2.75, 3.05) is 0 Å². The third kappa shape index (κ3) is 4.24. The van der Waals surface area contributed by atoms with Gasteiger partial charge in [-0.15, -0.1) is 0 Å². The number of rotatable bonds is 5. The first-order chi connectivity index (χ1) is 9.32. The highest BCUT2D eigenvalue weighted by molar-refractivity contribution is 6.31. The number of carbonyl (C=O) groups excluding carboxylic acids is 2. The molecule has 20 heavy (non-hydrogen) atoms. The van der Waals surface area contributed by atoms with Gasteiger partial charge in [0.05, 0.1) is 0 Å². The lowest BCUT2D eigenvalue weighted by atomic mass is 10.1. The van der Waals surface area contributed by atoms with Crippen LogP contribution in [-0.2, 0) is 14.4 Å². The molecular weight excluding hydrogens is 284 g/mol. The molecule has 108 valence electrons. The van der Waals surface area contributed by atoms with Gasteiger partial charge in [-0.25, -0.2) is 4.79 Å². The lowest BCUT2D eigenvalue weighted by molar-refractivity contribution is -0.142. The third-order valence-corrected chi connectivity index (χ3v) is 2.91. The summed E-state index contributed by atoms with van der Waals surface area (Å²) in [7, 11) is 0. The largest absolute Gasteiger partial charge is 0.479 e. The zero-order chi connectivity index (χ0) is 15.3. The zero-order valence-corrected chi connectivity index (χ0v) is 11.8. The number of amides is 2. The lowest BCUT2D eigenvalue weighted by Gasteiger charge is -2.19. The van der Waals surface area contributed by atoms with E-state index in [0.717, 1.165) is 0 Å². The van der Waals surface area contributed by atoms with E-state index in [1.165, 1.54) is 26.0 Å². The Hall–Kier alpha value is -2.08. The second-order valence-electron chi connectivity index (χ2n) is 4.22. The fourth-order valence-corrected chi connectivity index (χ4v) is 1.86. The van der Waals surface area contributed by atoms with Crippen LogP contribution in [0.5, 0.6) is 0 Å². The summed E-state index contributed by atoms with van der Waals surface area (Å²) in [6.07, 6.45) is 0. The Morgan fingerprint density at radius 2 is 1.80 bits per heavy atom. The lowest BCUT2D eigenvalue weighted by Crippen LogP contribution is -2.46. The molecule has 7 heteroatoms. The molecule has 0 saturated carbocycles. The van der Waals surface area contributed by atoms with Crippen molar-refractivity contribution in [1.82, 2.24) is 10.6 Å². The third-order valence-electron chi connectivity index (χ3n) is 2.56. The normalized spacial score (nSPS) is 13.2. The van der Waals surface area contributed by atoms with Crippen molar-refractivity contribution in [3.8, 4) is 0 Å². The first-order valence-corrected chi connectivity index (χ1v) is 6.25. The Kier molecular flexibility index (Phi) is 5.52. The number of carboxylic acid groups (broad SMARTS) is 1. The van der Waals surface area contributed by atoms with Gasteiger partial charge in [0.2, 0.25) is 11.8 Å². The molecule has 1 unspecified atom stereocenters. The van der Waals surface area contributed by atoms with E-state index in [-0.39, 0.29) is 16.5 Å². The van der Waals surface area contributed by atoms with Crippen LogP contribution in [0.1, 0.15) is 25.5 Å². The van der Waals surface area contributed by atoms with Gasteiger partial charge >= 0.3 is 5.97 Å². The maximum atomic E-state index is 11.8. The van der Waals surface area contributed by atoms with E-state index in [4.69, 9.17) is 11.6 Å². The zero-order valence-electron chi connectivity index (χ0n) is 11.0. The number of benzene rings is 1. The van der Waals surface area contributed by atoms with Crippen molar-refractivity contribution in [3.63, 3.8) is 0 Å². The summed E-state index contributed by atoms with van der Waals surface area (Å²) in [6.45, 7) is 2.73. The predicted molar refractivity (Wildman–Crippen MR) is 73.3 cm³/mol. The number of halogens is 1. The monoisotopic (exact) mass is 298 g/mol. The van der Waals surface area contributed by atoms with Gasteiger partial charge in [-0.05, 0) is 13.0 Å². The van der Waals surface area contributed by atoms with E-state index in [1.807, 2.05) is 0 Å². The topological polar surface area (TPSA) is 95.5 Å². The van der Waals surface area contributed by atoms with E-state index in [9.17, 15) is 19.5 Å². The summed E-state index contributed by atoms with van der Waals surface area (Å²) in [6, 6.07) is 4.23. The Labute approximate surface area is 121 Å². The molecule has 2 amide bonds. The highest BCUT2D eigenvalue weighted by atomic mass is 35.5. The first-order valence-electron chi connectivity index (χ1n) is 5.87. The summed E-state index contributed by atoms with van der Waals surface area (Å²) in [5.74, 6) is -2.22. The quantitative estimate of drug-likeness (QED) is 0.758.